The second-order valence-electron chi connectivity index (χ2n) is 9.18. The van der Waals surface area contributed by atoms with Crippen LogP contribution in [0.5, 0.6) is 11.5 Å². The Bertz CT molecular complexity index is 1740. The van der Waals surface area contributed by atoms with Crippen molar-refractivity contribution in [1.82, 2.24) is 0 Å². The molecule has 0 saturated carbocycles. The lowest BCUT2D eigenvalue weighted by Crippen LogP contribution is -2.22. The molecule has 0 fully saturated rings. The van der Waals surface area contributed by atoms with Gasteiger partial charge in [0.2, 0.25) is 0 Å². The minimum absolute atomic E-state index is 0.360. The maximum atomic E-state index is 14.7. The Hall–Kier alpha value is -5.03. The Morgan fingerprint density at radius 3 is 1.52 bits per heavy atom. The molecule has 226 valence electrons. The zero-order chi connectivity index (χ0) is 32.0. The van der Waals surface area contributed by atoms with Crippen LogP contribution >= 0.6 is 0 Å². The van der Waals surface area contributed by atoms with Crippen molar-refractivity contribution < 1.29 is 49.0 Å². The van der Waals surface area contributed by atoms with Crippen LogP contribution < -0.4 is 9.47 Å². The van der Waals surface area contributed by atoms with Gasteiger partial charge < -0.3 is 9.47 Å². The number of ether oxygens (including phenoxy) is 2. The molecular weight excluding hydrogens is 599 g/mol. The Labute approximate surface area is 246 Å². The van der Waals surface area contributed by atoms with Crippen molar-refractivity contribution in [1.29, 1.82) is 0 Å². The molecule has 0 unspecified atom stereocenters. The van der Waals surface area contributed by atoms with Gasteiger partial charge in [0.15, 0.2) is 17.5 Å². The highest BCUT2D eigenvalue weighted by Gasteiger charge is 2.35. The molecule has 0 N–H and O–H groups in total. The van der Waals surface area contributed by atoms with Gasteiger partial charge in [-0.25, -0.2) is 30.7 Å². The van der Waals surface area contributed by atoms with Crippen LogP contribution in [0.25, 0.3) is 0 Å². The molecule has 0 aliphatic heterocycles. The van der Waals surface area contributed by atoms with Crippen molar-refractivity contribution in [3.8, 4) is 35.2 Å². The molecule has 44 heavy (non-hydrogen) atoms. The summed E-state index contributed by atoms with van der Waals surface area (Å²) >= 11 is 0. The third kappa shape index (κ3) is 7.67. The monoisotopic (exact) mass is 618 g/mol. The fraction of sp³-hybridized carbons (Fsp3) is 0.152. The molecule has 0 aromatic heterocycles. The maximum Gasteiger partial charge on any atom is 0.426 e. The smallest absolute Gasteiger partial charge is 0.426 e. The minimum atomic E-state index is -3.97. The number of alkyl halides is 2. The van der Waals surface area contributed by atoms with Gasteiger partial charge in [-0.3, -0.25) is 0 Å². The second-order valence-corrected chi connectivity index (χ2v) is 9.18. The molecule has 11 heteroatoms. The minimum Gasteiger partial charge on any atom is -0.494 e. The normalized spacial score (nSPS) is 10.9. The predicted octanol–water partition coefficient (Wildman–Crippen LogP) is 8.77. The molecule has 2 nitrogen and oxygen atoms in total. The largest absolute Gasteiger partial charge is 0.494 e. The van der Waals surface area contributed by atoms with E-state index in [-0.39, 0.29) is 5.56 Å². The SMILES string of the molecule is CCCCOc1ccc(C(F)(F)Oc2cc(F)c(C#Cc3cc(F)c(C#Cc4cc(F)c(F)c(F)c4)c(F)c3)c(F)c2)cc1. The van der Waals surface area contributed by atoms with Gasteiger partial charge in [0, 0.05) is 23.3 Å². The van der Waals surface area contributed by atoms with Gasteiger partial charge in [-0.15, -0.1) is 0 Å². The van der Waals surface area contributed by atoms with E-state index >= 15 is 0 Å². The van der Waals surface area contributed by atoms with E-state index in [1.165, 1.54) is 12.1 Å². The summed E-state index contributed by atoms with van der Waals surface area (Å²) in [5.41, 5.74) is -3.08. The molecule has 0 radical (unpaired) electrons. The Kier molecular flexibility index (Phi) is 9.80. The molecule has 4 aromatic carbocycles. The van der Waals surface area contributed by atoms with Gasteiger partial charge in [0.25, 0.3) is 0 Å². The van der Waals surface area contributed by atoms with Gasteiger partial charge in [-0.2, -0.15) is 8.78 Å². The third-order valence-corrected chi connectivity index (χ3v) is 5.91. The summed E-state index contributed by atoms with van der Waals surface area (Å²) in [4.78, 5) is 0. The topological polar surface area (TPSA) is 18.5 Å². The average Bonchev–Trinajstić information content (AvgIpc) is 2.95. The molecule has 4 rings (SSSR count). The fourth-order valence-electron chi connectivity index (χ4n) is 3.68. The van der Waals surface area contributed by atoms with E-state index in [9.17, 15) is 39.5 Å². The average molecular weight is 618 g/mol. The van der Waals surface area contributed by atoms with Crippen molar-refractivity contribution in [2.75, 3.05) is 6.61 Å². The van der Waals surface area contributed by atoms with Crippen molar-refractivity contribution in [3.05, 3.63) is 129 Å². The molecule has 0 aliphatic carbocycles. The van der Waals surface area contributed by atoms with Crippen LogP contribution in [0, 0.1) is 64.4 Å². The van der Waals surface area contributed by atoms with E-state index in [0.717, 1.165) is 25.0 Å². The van der Waals surface area contributed by atoms with Gasteiger partial charge in [0.1, 0.15) is 34.8 Å². The summed E-state index contributed by atoms with van der Waals surface area (Å²) < 4.78 is 137. The van der Waals surface area contributed by atoms with Gasteiger partial charge >= 0.3 is 6.11 Å². The van der Waals surface area contributed by atoms with Crippen LogP contribution in [0.1, 0.15) is 47.6 Å². The summed E-state index contributed by atoms with van der Waals surface area (Å²) in [7, 11) is 0. The van der Waals surface area contributed by atoms with Gasteiger partial charge in [-0.1, -0.05) is 37.0 Å². The van der Waals surface area contributed by atoms with Crippen LogP contribution in [-0.2, 0) is 6.11 Å². The van der Waals surface area contributed by atoms with E-state index in [1.807, 2.05) is 12.8 Å². The maximum absolute atomic E-state index is 14.7. The van der Waals surface area contributed by atoms with Crippen molar-refractivity contribution in [2.45, 2.75) is 25.9 Å². The molecule has 0 atom stereocenters. The quantitative estimate of drug-likeness (QED) is 0.0893. The van der Waals surface area contributed by atoms with E-state index < -0.39 is 74.8 Å². The van der Waals surface area contributed by atoms with Gasteiger partial charge in [-0.05, 0) is 55.0 Å². The van der Waals surface area contributed by atoms with Crippen LogP contribution in [0.2, 0.25) is 0 Å². The van der Waals surface area contributed by atoms with E-state index in [2.05, 4.69) is 22.5 Å². The number of hydrogen-bond acceptors (Lipinski definition) is 2. The van der Waals surface area contributed by atoms with Crippen LogP contribution in [-0.4, -0.2) is 6.61 Å². The molecule has 4 aromatic rings. The van der Waals surface area contributed by atoms with Crippen LogP contribution in [0.3, 0.4) is 0 Å². The lowest BCUT2D eigenvalue weighted by Gasteiger charge is -2.19. The van der Waals surface area contributed by atoms with Crippen LogP contribution in [0.4, 0.5) is 39.5 Å². The molecule has 0 amide bonds. The number of hydrogen-bond donors (Lipinski definition) is 0. The van der Waals surface area contributed by atoms with Crippen molar-refractivity contribution >= 4 is 0 Å². The molecule has 0 heterocycles. The summed E-state index contributed by atoms with van der Waals surface area (Å²) in [6, 6.07) is 8.08. The summed E-state index contributed by atoms with van der Waals surface area (Å²) in [5.74, 6) is -2.27. The highest BCUT2D eigenvalue weighted by Crippen LogP contribution is 2.34. The number of rotatable bonds is 7. The van der Waals surface area contributed by atoms with Crippen molar-refractivity contribution in [3.63, 3.8) is 0 Å². The highest BCUT2D eigenvalue weighted by atomic mass is 19.3. The zero-order valence-electron chi connectivity index (χ0n) is 22.6. The predicted molar refractivity (Wildman–Crippen MR) is 142 cm³/mol. The standard InChI is InChI=1S/C33H19F9O2/c1-2-3-12-43-22-8-6-21(7-9-22)33(41,42)44-23-17-28(36)25(29(37)18-23)11-4-19-13-26(34)24(27(35)14-19)10-5-20-15-30(38)32(40)31(39)16-20/h6-9,13-18H,2-3,12H2,1H3. The molecule has 0 saturated heterocycles. The summed E-state index contributed by atoms with van der Waals surface area (Å²) in [6.07, 6.45) is -2.30. The Balaban J connectivity index is 1.51. The Morgan fingerprint density at radius 1 is 0.591 bits per heavy atom. The van der Waals surface area contributed by atoms with Crippen LogP contribution in [0.15, 0.2) is 60.7 Å². The van der Waals surface area contributed by atoms with E-state index in [4.69, 9.17) is 4.74 Å². The number of benzene rings is 4. The van der Waals surface area contributed by atoms with Gasteiger partial charge in [0.05, 0.1) is 23.3 Å². The first kappa shape index (κ1) is 31.9. The highest BCUT2D eigenvalue weighted by molar-refractivity contribution is 5.50. The molecule has 0 bridgehead atoms. The third-order valence-electron chi connectivity index (χ3n) is 5.91. The Morgan fingerprint density at radius 2 is 1.05 bits per heavy atom. The first-order valence-corrected chi connectivity index (χ1v) is 12.8. The summed E-state index contributed by atoms with van der Waals surface area (Å²) in [5, 5.41) is 0. The second kappa shape index (κ2) is 13.5. The first-order valence-electron chi connectivity index (χ1n) is 12.8. The summed E-state index contributed by atoms with van der Waals surface area (Å²) in [6.45, 7) is 2.37. The van der Waals surface area contributed by atoms with Crippen molar-refractivity contribution in [2.24, 2.45) is 0 Å². The lowest BCUT2D eigenvalue weighted by molar-refractivity contribution is -0.185. The molecule has 0 spiro atoms. The molecular formula is C33H19F9O2. The molecule has 0 aliphatic rings. The first-order chi connectivity index (χ1) is 20.9. The lowest BCUT2D eigenvalue weighted by atomic mass is 10.1. The number of unbranched alkanes of at least 4 members (excludes halogenated alkanes) is 1. The fourth-order valence-corrected chi connectivity index (χ4v) is 3.68. The number of halogens is 9. The van der Waals surface area contributed by atoms with E-state index in [0.29, 0.717) is 48.8 Å². The zero-order valence-corrected chi connectivity index (χ0v) is 22.6. The van der Waals surface area contributed by atoms with E-state index in [1.54, 1.807) is 0 Å².